The molecule has 22 heavy (non-hydrogen) atoms. The lowest BCUT2D eigenvalue weighted by Crippen LogP contribution is -2.47. The highest BCUT2D eigenvalue weighted by molar-refractivity contribution is 5.87. The molecule has 1 amide bonds. The number of hydrogen-bond acceptors (Lipinski definition) is 4. The van der Waals surface area contributed by atoms with Crippen LogP contribution in [0.25, 0.3) is 11.0 Å². The van der Waals surface area contributed by atoms with Gasteiger partial charge in [-0.15, -0.1) is 5.10 Å². The average molecular weight is 299 g/mol. The standard InChI is InChI=1S/C16H21N5O/c22-16(21-15-6-2-1-5-14(15)17-18-21)20-11-7-13(8-12-20)19-9-3-4-10-19/h1-2,5-6,13H,3-4,7-12H2. The molecule has 116 valence electrons. The third kappa shape index (κ3) is 2.37. The van der Waals surface area contributed by atoms with Gasteiger partial charge in [-0.05, 0) is 50.9 Å². The summed E-state index contributed by atoms with van der Waals surface area (Å²) in [6, 6.07) is 8.20. The van der Waals surface area contributed by atoms with E-state index in [-0.39, 0.29) is 6.03 Å². The van der Waals surface area contributed by atoms with Crippen molar-refractivity contribution in [2.45, 2.75) is 31.7 Å². The summed E-state index contributed by atoms with van der Waals surface area (Å²) < 4.78 is 1.44. The molecule has 0 bridgehead atoms. The number of hydrogen-bond donors (Lipinski definition) is 0. The average Bonchev–Trinajstić information content (AvgIpc) is 3.24. The lowest BCUT2D eigenvalue weighted by Gasteiger charge is -2.36. The smallest absolute Gasteiger partial charge is 0.323 e. The molecule has 1 aromatic carbocycles. The van der Waals surface area contributed by atoms with Gasteiger partial charge in [-0.2, -0.15) is 4.68 Å². The summed E-state index contributed by atoms with van der Waals surface area (Å²) in [5.41, 5.74) is 1.55. The molecule has 2 saturated heterocycles. The van der Waals surface area contributed by atoms with Gasteiger partial charge in [0.25, 0.3) is 0 Å². The number of amides is 1. The fraction of sp³-hybridized carbons (Fsp3) is 0.562. The Labute approximate surface area is 129 Å². The van der Waals surface area contributed by atoms with Crippen LogP contribution in [0.15, 0.2) is 24.3 Å². The van der Waals surface area contributed by atoms with E-state index in [2.05, 4.69) is 15.2 Å². The van der Waals surface area contributed by atoms with Crippen LogP contribution in [0.1, 0.15) is 25.7 Å². The number of aromatic nitrogens is 3. The van der Waals surface area contributed by atoms with Crippen LogP contribution in [0, 0.1) is 0 Å². The number of benzene rings is 1. The molecule has 0 spiro atoms. The van der Waals surface area contributed by atoms with Gasteiger partial charge in [0, 0.05) is 19.1 Å². The number of likely N-dealkylation sites (tertiary alicyclic amines) is 2. The topological polar surface area (TPSA) is 54.3 Å². The maximum absolute atomic E-state index is 12.7. The molecule has 6 heteroatoms. The van der Waals surface area contributed by atoms with Gasteiger partial charge in [0.15, 0.2) is 0 Å². The Morgan fingerprint density at radius 3 is 2.55 bits per heavy atom. The zero-order valence-electron chi connectivity index (χ0n) is 12.7. The van der Waals surface area contributed by atoms with Crippen molar-refractivity contribution in [3.8, 4) is 0 Å². The predicted molar refractivity (Wildman–Crippen MR) is 83.7 cm³/mol. The Balaban J connectivity index is 1.45. The molecule has 4 rings (SSSR count). The van der Waals surface area contributed by atoms with E-state index in [1.54, 1.807) is 0 Å². The summed E-state index contributed by atoms with van der Waals surface area (Å²) in [5.74, 6) is 0. The van der Waals surface area contributed by atoms with Crippen molar-refractivity contribution < 1.29 is 4.79 Å². The summed E-state index contributed by atoms with van der Waals surface area (Å²) in [7, 11) is 0. The molecule has 2 aliphatic heterocycles. The van der Waals surface area contributed by atoms with E-state index in [9.17, 15) is 4.79 Å². The number of piperidine rings is 1. The molecule has 0 aliphatic carbocycles. The van der Waals surface area contributed by atoms with Gasteiger partial charge in [-0.1, -0.05) is 17.3 Å². The Morgan fingerprint density at radius 2 is 1.77 bits per heavy atom. The van der Waals surface area contributed by atoms with Gasteiger partial charge in [-0.3, -0.25) is 0 Å². The summed E-state index contributed by atoms with van der Waals surface area (Å²) in [6.07, 6.45) is 4.78. The SMILES string of the molecule is O=C(N1CCC(N2CCCC2)CC1)n1nnc2ccccc21. The van der Waals surface area contributed by atoms with Crippen molar-refractivity contribution in [2.75, 3.05) is 26.2 Å². The fourth-order valence-corrected chi connectivity index (χ4v) is 3.67. The number of nitrogens with zero attached hydrogens (tertiary/aromatic N) is 5. The first-order valence-corrected chi connectivity index (χ1v) is 8.17. The molecule has 2 fully saturated rings. The Kier molecular flexibility index (Phi) is 3.54. The molecule has 0 radical (unpaired) electrons. The predicted octanol–water partition coefficient (Wildman–Crippen LogP) is 1.96. The number of carbonyl (C=O) groups excluding carboxylic acids is 1. The third-order valence-corrected chi connectivity index (χ3v) is 4.93. The van der Waals surface area contributed by atoms with Crippen molar-refractivity contribution >= 4 is 17.1 Å². The minimum absolute atomic E-state index is 0.0476. The number of rotatable bonds is 1. The van der Waals surface area contributed by atoms with E-state index in [4.69, 9.17) is 0 Å². The molecule has 0 unspecified atom stereocenters. The van der Waals surface area contributed by atoms with Crippen molar-refractivity contribution in [3.05, 3.63) is 24.3 Å². The van der Waals surface area contributed by atoms with E-state index >= 15 is 0 Å². The Bertz CT molecular complexity index is 668. The first-order valence-electron chi connectivity index (χ1n) is 8.17. The number of fused-ring (bicyclic) bond motifs is 1. The monoisotopic (exact) mass is 299 g/mol. The highest BCUT2D eigenvalue weighted by Crippen LogP contribution is 2.22. The molecule has 2 aliphatic rings. The van der Waals surface area contributed by atoms with E-state index < -0.39 is 0 Å². The fourth-order valence-electron chi connectivity index (χ4n) is 3.67. The first kappa shape index (κ1) is 13.7. The molecule has 0 atom stereocenters. The molecule has 0 saturated carbocycles. The van der Waals surface area contributed by atoms with Crippen molar-refractivity contribution in [1.82, 2.24) is 24.8 Å². The molecular formula is C16H21N5O. The van der Waals surface area contributed by atoms with Crippen LogP contribution < -0.4 is 0 Å². The molecule has 6 nitrogen and oxygen atoms in total. The van der Waals surface area contributed by atoms with Gasteiger partial charge >= 0.3 is 6.03 Å². The second kappa shape index (κ2) is 5.68. The van der Waals surface area contributed by atoms with Gasteiger partial charge in [0.1, 0.15) is 5.52 Å². The van der Waals surface area contributed by atoms with Crippen LogP contribution in [0.4, 0.5) is 4.79 Å². The summed E-state index contributed by atoms with van der Waals surface area (Å²) in [5, 5.41) is 8.10. The maximum Gasteiger partial charge on any atom is 0.346 e. The number of carbonyl (C=O) groups is 1. The quantitative estimate of drug-likeness (QED) is 0.808. The van der Waals surface area contributed by atoms with Crippen molar-refractivity contribution in [3.63, 3.8) is 0 Å². The Morgan fingerprint density at radius 1 is 1.05 bits per heavy atom. The van der Waals surface area contributed by atoms with Crippen LogP contribution in [0.5, 0.6) is 0 Å². The van der Waals surface area contributed by atoms with E-state index in [0.717, 1.165) is 37.0 Å². The van der Waals surface area contributed by atoms with Crippen LogP contribution in [0.3, 0.4) is 0 Å². The van der Waals surface area contributed by atoms with Crippen LogP contribution in [-0.4, -0.2) is 63.0 Å². The van der Waals surface area contributed by atoms with Crippen molar-refractivity contribution in [2.24, 2.45) is 0 Å². The zero-order valence-corrected chi connectivity index (χ0v) is 12.7. The van der Waals surface area contributed by atoms with E-state index in [1.165, 1.54) is 30.6 Å². The highest BCUT2D eigenvalue weighted by Gasteiger charge is 2.29. The zero-order chi connectivity index (χ0) is 14.9. The summed E-state index contributed by atoms with van der Waals surface area (Å²) in [6.45, 7) is 4.08. The second-order valence-electron chi connectivity index (χ2n) is 6.23. The molecule has 1 aromatic heterocycles. The van der Waals surface area contributed by atoms with Gasteiger partial charge < -0.3 is 9.80 Å². The van der Waals surface area contributed by atoms with Gasteiger partial charge in [0.2, 0.25) is 0 Å². The lowest BCUT2D eigenvalue weighted by molar-refractivity contribution is 0.133. The van der Waals surface area contributed by atoms with Gasteiger partial charge in [-0.25, -0.2) is 4.79 Å². The maximum atomic E-state index is 12.7. The minimum atomic E-state index is -0.0476. The minimum Gasteiger partial charge on any atom is -0.323 e. The third-order valence-electron chi connectivity index (χ3n) is 4.93. The molecular weight excluding hydrogens is 278 g/mol. The van der Waals surface area contributed by atoms with E-state index in [0.29, 0.717) is 6.04 Å². The summed E-state index contributed by atoms with van der Waals surface area (Å²) in [4.78, 5) is 17.2. The van der Waals surface area contributed by atoms with Crippen molar-refractivity contribution in [1.29, 1.82) is 0 Å². The van der Waals surface area contributed by atoms with Crippen LogP contribution in [0.2, 0.25) is 0 Å². The van der Waals surface area contributed by atoms with Crippen LogP contribution >= 0.6 is 0 Å². The highest BCUT2D eigenvalue weighted by atomic mass is 16.2. The second-order valence-corrected chi connectivity index (χ2v) is 6.23. The van der Waals surface area contributed by atoms with Gasteiger partial charge in [0.05, 0.1) is 5.52 Å². The normalized spacial score (nSPS) is 20.8. The molecule has 0 N–H and O–H groups in total. The summed E-state index contributed by atoms with van der Waals surface area (Å²) >= 11 is 0. The largest absolute Gasteiger partial charge is 0.346 e. The van der Waals surface area contributed by atoms with Crippen LogP contribution in [-0.2, 0) is 0 Å². The first-order chi connectivity index (χ1) is 10.8. The molecule has 2 aromatic rings. The number of para-hydroxylation sites is 1. The van der Waals surface area contributed by atoms with E-state index in [1.807, 2.05) is 29.2 Å². The molecule has 3 heterocycles. The Hall–Kier alpha value is -1.95. The lowest BCUT2D eigenvalue weighted by atomic mass is 10.0.